The van der Waals surface area contributed by atoms with Crippen LogP contribution in [0, 0.1) is 5.82 Å². The molecule has 7 heteroatoms. The molecule has 1 aromatic heterocycles. The topological polar surface area (TPSA) is 74.5 Å². The van der Waals surface area contributed by atoms with Gasteiger partial charge in [0.2, 0.25) is 5.82 Å². The van der Waals surface area contributed by atoms with E-state index < -0.39 is 0 Å². The highest BCUT2D eigenvalue weighted by atomic mass is 19.1. The fraction of sp³-hybridized carbons (Fsp3) is 0.250. The van der Waals surface area contributed by atoms with E-state index in [0.29, 0.717) is 28.6 Å². The van der Waals surface area contributed by atoms with Crippen LogP contribution in [0.3, 0.4) is 0 Å². The number of methoxy groups -OCH3 is 1. The van der Waals surface area contributed by atoms with Gasteiger partial charge in [0.1, 0.15) is 17.3 Å². The number of carbonyl (C=O) groups excluding carboxylic acids is 1. The van der Waals surface area contributed by atoms with Crippen LogP contribution in [0.1, 0.15) is 41.0 Å². The highest BCUT2D eigenvalue weighted by Gasteiger charge is 2.32. The molecule has 1 aliphatic carbocycles. The minimum Gasteiger partial charge on any atom is -0.497 e. The summed E-state index contributed by atoms with van der Waals surface area (Å²) in [6, 6.07) is 10.00. The normalized spacial score (nSPS) is 15.7. The second kappa shape index (κ2) is 6.83. The monoisotopic (exact) mass is 368 g/mol. The molecular weight excluding hydrogens is 351 g/mol. The van der Waals surface area contributed by atoms with Crippen LogP contribution < -0.4 is 9.47 Å². The Morgan fingerprint density at radius 3 is 2.74 bits per heavy atom. The minimum absolute atomic E-state index is 0.0133. The number of hydrogen-bond donors (Lipinski definition) is 0. The Bertz CT molecular complexity index is 998. The van der Waals surface area contributed by atoms with Gasteiger partial charge in [0.25, 0.3) is 5.89 Å². The van der Waals surface area contributed by atoms with Gasteiger partial charge in [0.15, 0.2) is 12.4 Å². The number of hydrogen-bond acceptors (Lipinski definition) is 6. The van der Waals surface area contributed by atoms with Crippen LogP contribution in [-0.2, 0) is 6.61 Å². The summed E-state index contributed by atoms with van der Waals surface area (Å²) in [5.41, 5.74) is 1.49. The smallest absolute Gasteiger partial charge is 0.258 e. The first-order valence-electron chi connectivity index (χ1n) is 8.52. The minimum atomic E-state index is -0.378. The molecule has 0 fully saturated rings. The molecule has 0 bridgehead atoms. The molecule has 2 aromatic carbocycles. The van der Waals surface area contributed by atoms with Gasteiger partial charge in [-0.25, -0.2) is 4.39 Å². The molecule has 0 unspecified atom stereocenters. The maximum absolute atomic E-state index is 14.0. The zero-order valence-corrected chi connectivity index (χ0v) is 14.9. The summed E-state index contributed by atoms with van der Waals surface area (Å²) >= 11 is 0. The molecular formula is C20H17FN2O4. The number of halogens is 1. The number of ketones is 1. The SMILES string of the molecule is COc1ccc(-c2nc(COc3ccc(F)c4c3C(=O)C[C@H]4C)no2)cc1. The second-order valence-electron chi connectivity index (χ2n) is 6.40. The van der Waals surface area contributed by atoms with Crippen molar-refractivity contribution in [1.29, 1.82) is 0 Å². The molecule has 138 valence electrons. The number of aromatic nitrogens is 2. The van der Waals surface area contributed by atoms with Crippen LogP contribution >= 0.6 is 0 Å². The number of Topliss-reactive ketones (excluding diaryl/α,β-unsaturated/α-hetero) is 1. The number of ether oxygens (including phenoxy) is 2. The lowest BCUT2D eigenvalue weighted by atomic mass is 10.0. The average molecular weight is 368 g/mol. The molecule has 1 aliphatic rings. The first kappa shape index (κ1) is 17.2. The molecule has 3 aromatic rings. The predicted octanol–water partition coefficient (Wildman–Crippen LogP) is 4.15. The van der Waals surface area contributed by atoms with Crippen molar-refractivity contribution in [2.24, 2.45) is 0 Å². The van der Waals surface area contributed by atoms with Crippen molar-refractivity contribution in [2.75, 3.05) is 7.11 Å². The number of nitrogens with zero attached hydrogens (tertiary/aromatic N) is 2. The molecule has 0 N–H and O–H groups in total. The zero-order valence-electron chi connectivity index (χ0n) is 14.9. The van der Waals surface area contributed by atoms with Crippen molar-refractivity contribution in [3.8, 4) is 23.0 Å². The van der Waals surface area contributed by atoms with Crippen LogP contribution in [-0.4, -0.2) is 23.0 Å². The van der Waals surface area contributed by atoms with Crippen molar-refractivity contribution in [3.05, 3.63) is 59.2 Å². The number of rotatable bonds is 5. The van der Waals surface area contributed by atoms with Crippen molar-refractivity contribution in [1.82, 2.24) is 10.1 Å². The van der Waals surface area contributed by atoms with Gasteiger partial charge in [0.05, 0.1) is 12.7 Å². The van der Waals surface area contributed by atoms with Crippen LogP contribution in [0.15, 0.2) is 40.9 Å². The van der Waals surface area contributed by atoms with Crippen LogP contribution in [0.5, 0.6) is 11.5 Å². The van der Waals surface area contributed by atoms with Gasteiger partial charge >= 0.3 is 0 Å². The van der Waals surface area contributed by atoms with E-state index >= 15 is 0 Å². The largest absolute Gasteiger partial charge is 0.497 e. The summed E-state index contributed by atoms with van der Waals surface area (Å²) in [7, 11) is 1.59. The molecule has 0 saturated heterocycles. The third-order valence-electron chi connectivity index (χ3n) is 4.58. The summed E-state index contributed by atoms with van der Waals surface area (Å²) < 4.78 is 30.1. The number of carbonyl (C=O) groups is 1. The molecule has 0 radical (unpaired) electrons. The number of benzene rings is 2. The third kappa shape index (κ3) is 3.16. The number of fused-ring (bicyclic) bond motifs is 1. The van der Waals surface area contributed by atoms with Gasteiger partial charge in [-0.15, -0.1) is 0 Å². The van der Waals surface area contributed by atoms with Crippen molar-refractivity contribution in [3.63, 3.8) is 0 Å². The molecule has 1 heterocycles. The first-order chi connectivity index (χ1) is 13.1. The Morgan fingerprint density at radius 1 is 1.22 bits per heavy atom. The fourth-order valence-corrected chi connectivity index (χ4v) is 3.25. The van der Waals surface area contributed by atoms with Gasteiger partial charge in [-0.05, 0) is 42.3 Å². The van der Waals surface area contributed by atoms with Crippen molar-refractivity contribution >= 4 is 5.78 Å². The van der Waals surface area contributed by atoms with E-state index in [9.17, 15) is 9.18 Å². The van der Waals surface area contributed by atoms with E-state index in [0.717, 1.165) is 11.3 Å². The quantitative estimate of drug-likeness (QED) is 0.673. The Morgan fingerprint density at radius 2 is 2.00 bits per heavy atom. The lowest BCUT2D eigenvalue weighted by Gasteiger charge is -2.10. The summed E-state index contributed by atoms with van der Waals surface area (Å²) in [5.74, 6) is 1.11. The van der Waals surface area contributed by atoms with Crippen LogP contribution in [0.4, 0.5) is 4.39 Å². The zero-order chi connectivity index (χ0) is 19.0. The second-order valence-corrected chi connectivity index (χ2v) is 6.40. The summed E-state index contributed by atoms with van der Waals surface area (Å²) in [4.78, 5) is 16.5. The lowest BCUT2D eigenvalue weighted by molar-refractivity contribution is 0.0986. The lowest BCUT2D eigenvalue weighted by Crippen LogP contribution is -2.03. The highest BCUT2D eigenvalue weighted by molar-refractivity contribution is 6.03. The van der Waals surface area contributed by atoms with Gasteiger partial charge in [-0.3, -0.25) is 4.79 Å². The fourth-order valence-electron chi connectivity index (χ4n) is 3.25. The molecule has 0 amide bonds. The van der Waals surface area contributed by atoms with Crippen LogP contribution in [0.2, 0.25) is 0 Å². The molecule has 27 heavy (non-hydrogen) atoms. The van der Waals surface area contributed by atoms with Gasteiger partial charge in [-0.1, -0.05) is 12.1 Å². The van der Waals surface area contributed by atoms with E-state index in [1.165, 1.54) is 12.1 Å². The van der Waals surface area contributed by atoms with Crippen molar-refractivity contribution in [2.45, 2.75) is 25.9 Å². The maximum Gasteiger partial charge on any atom is 0.258 e. The first-order valence-corrected chi connectivity index (χ1v) is 8.52. The van der Waals surface area contributed by atoms with Crippen LogP contribution in [0.25, 0.3) is 11.5 Å². The molecule has 1 atom stereocenters. The predicted molar refractivity (Wildman–Crippen MR) is 94.4 cm³/mol. The van der Waals surface area contributed by atoms with Gasteiger partial charge < -0.3 is 14.0 Å². The Labute approximate surface area is 154 Å². The standard InChI is InChI=1S/C20H17FN2O4/c1-11-9-15(24)19-16(8-7-14(21)18(11)19)26-10-17-22-20(27-23-17)12-3-5-13(25-2)6-4-12/h3-8,11H,9-10H2,1-2H3/t11-/m1/s1. The molecule has 0 saturated carbocycles. The molecule has 6 nitrogen and oxygen atoms in total. The third-order valence-corrected chi connectivity index (χ3v) is 4.58. The molecule has 0 aliphatic heterocycles. The van der Waals surface area contributed by atoms with E-state index in [4.69, 9.17) is 14.0 Å². The summed E-state index contributed by atoms with van der Waals surface area (Å²) in [5, 5.41) is 3.89. The Hall–Kier alpha value is -3.22. The summed E-state index contributed by atoms with van der Waals surface area (Å²) in [6.07, 6.45) is 0.288. The highest BCUT2D eigenvalue weighted by Crippen LogP contribution is 2.39. The van der Waals surface area contributed by atoms with E-state index in [1.807, 2.05) is 19.1 Å². The van der Waals surface area contributed by atoms with E-state index in [-0.39, 0.29) is 30.5 Å². The van der Waals surface area contributed by atoms with Crippen molar-refractivity contribution < 1.29 is 23.2 Å². The van der Waals surface area contributed by atoms with E-state index in [1.54, 1.807) is 19.2 Å². The van der Waals surface area contributed by atoms with Gasteiger partial charge in [0, 0.05) is 17.5 Å². The van der Waals surface area contributed by atoms with E-state index in [2.05, 4.69) is 10.1 Å². The Balaban J connectivity index is 1.52. The molecule has 0 spiro atoms. The Kier molecular flexibility index (Phi) is 4.35. The average Bonchev–Trinajstić information content (AvgIpc) is 3.26. The summed E-state index contributed by atoms with van der Waals surface area (Å²) in [6.45, 7) is 1.84. The molecule has 4 rings (SSSR count). The van der Waals surface area contributed by atoms with Gasteiger partial charge in [-0.2, -0.15) is 4.98 Å². The maximum atomic E-state index is 14.0.